The Morgan fingerprint density at radius 1 is 1.38 bits per heavy atom. The molecule has 0 radical (unpaired) electrons. The first-order valence-electron chi connectivity index (χ1n) is 6.60. The molecule has 1 aliphatic heterocycles. The lowest BCUT2D eigenvalue weighted by Crippen LogP contribution is -2.51. The van der Waals surface area contributed by atoms with Gasteiger partial charge in [-0.1, -0.05) is 6.07 Å². The molecule has 1 aromatic heterocycles. The van der Waals surface area contributed by atoms with E-state index < -0.39 is 5.82 Å². The highest BCUT2D eigenvalue weighted by atomic mass is 79.9. The summed E-state index contributed by atoms with van der Waals surface area (Å²) in [7, 11) is 0. The number of hydrogen-bond donors (Lipinski definition) is 0. The topological polar surface area (TPSA) is 51.0 Å². The van der Waals surface area contributed by atoms with E-state index in [0.29, 0.717) is 23.4 Å². The Hall–Kier alpha value is -1.76. The number of likely N-dealkylation sites (tertiary alicyclic amines) is 1. The van der Waals surface area contributed by atoms with Crippen LogP contribution in [-0.2, 0) is 0 Å². The van der Waals surface area contributed by atoms with E-state index in [-0.39, 0.29) is 17.5 Å². The summed E-state index contributed by atoms with van der Waals surface area (Å²) in [6.07, 6.45) is 0. The maximum atomic E-state index is 13.8. The molecule has 0 N–H and O–H groups in total. The monoisotopic (exact) mass is 352 g/mol. The lowest BCUT2D eigenvalue weighted by atomic mass is 10.1. The number of benzene rings is 1. The Morgan fingerprint density at radius 3 is 2.67 bits per heavy atom. The van der Waals surface area contributed by atoms with Gasteiger partial charge in [0.1, 0.15) is 17.5 Å². The first-order valence-corrected chi connectivity index (χ1v) is 7.39. The van der Waals surface area contributed by atoms with Gasteiger partial charge < -0.3 is 4.90 Å². The standard InChI is InChI=1S/C14H14BrFN4O/c1-8-17-9(2)20(18-8)10-6-19(7-10)14(21)13-11(15)4-3-5-12(13)16/h3-5,10H,6-7H2,1-2H3. The SMILES string of the molecule is Cc1nc(C)n(C2CN(C(=O)c3c(F)cccc3Br)C2)n1. The van der Waals surface area contributed by atoms with Gasteiger partial charge >= 0.3 is 0 Å². The van der Waals surface area contributed by atoms with E-state index in [1.54, 1.807) is 17.0 Å². The molecular weight excluding hydrogens is 339 g/mol. The normalized spacial score (nSPS) is 15.1. The Morgan fingerprint density at radius 2 is 2.10 bits per heavy atom. The van der Waals surface area contributed by atoms with Crippen LogP contribution in [0, 0.1) is 19.7 Å². The second-order valence-corrected chi connectivity index (χ2v) is 5.97. The van der Waals surface area contributed by atoms with Gasteiger partial charge in [-0.15, -0.1) is 0 Å². The van der Waals surface area contributed by atoms with Gasteiger partial charge in [-0.05, 0) is 41.9 Å². The van der Waals surface area contributed by atoms with Gasteiger partial charge in [0.15, 0.2) is 0 Å². The van der Waals surface area contributed by atoms with Gasteiger partial charge in [0.25, 0.3) is 5.91 Å². The van der Waals surface area contributed by atoms with Gasteiger partial charge in [-0.3, -0.25) is 4.79 Å². The molecule has 0 saturated carbocycles. The van der Waals surface area contributed by atoms with Crippen LogP contribution in [0.4, 0.5) is 4.39 Å². The maximum Gasteiger partial charge on any atom is 0.258 e. The van der Waals surface area contributed by atoms with Gasteiger partial charge in [-0.25, -0.2) is 14.1 Å². The fraction of sp³-hybridized carbons (Fsp3) is 0.357. The van der Waals surface area contributed by atoms with E-state index in [1.807, 2.05) is 18.5 Å². The molecule has 3 rings (SSSR count). The summed E-state index contributed by atoms with van der Waals surface area (Å²) >= 11 is 3.23. The quantitative estimate of drug-likeness (QED) is 0.834. The molecule has 0 bridgehead atoms. The van der Waals surface area contributed by atoms with Crippen LogP contribution in [-0.4, -0.2) is 38.7 Å². The van der Waals surface area contributed by atoms with Crippen molar-refractivity contribution in [1.82, 2.24) is 19.7 Å². The van der Waals surface area contributed by atoms with Crippen LogP contribution < -0.4 is 0 Å². The fourth-order valence-electron chi connectivity index (χ4n) is 2.52. The van der Waals surface area contributed by atoms with Crippen LogP contribution in [0.2, 0.25) is 0 Å². The molecule has 2 aromatic rings. The van der Waals surface area contributed by atoms with Crippen LogP contribution in [0.25, 0.3) is 0 Å². The van der Waals surface area contributed by atoms with Crippen LogP contribution in [0.5, 0.6) is 0 Å². The average Bonchev–Trinajstić information content (AvgIpc) is 2.66. The molecule has 0 unspecified atom stereocenters. The van der Waals surface area contributed by atoms with E-state index in [0.717, 1.165) is 5.82 Å². The molecule has 1 fully saturated rings. The number of aryl methyl sites for hydroxylation is 2. The Balaban J connectivity index is 1.74. The Bertz CT molecular complexity index is 689. The zero-order valence-electron chi connectivity index (χ0n) is 11.7. The van der Waals surface area contributed by atoms with Gasteiger partial charge in [-0.2, -0.15) is 5.10 Å². The summed E-state index contributed by atoms with van der Waals surface area (Å²) in [6.45, 7) is 4.76. The zero-order valence-corrected chi connectivity index (χ0v) is 13.3. The summed E-state index contributed by atoms with van der Waals surface area (Å²) in [6, 6.07) is 4.63. The minimum atomic E-state index is -0.509. The first-order chi connectivity index (χ1) is 9.97. The largest absolute Gasteiger partial charge is 0.334 e. The van der Waals surface area contributed by atoms with Crippen molar-refractivity contribution in [3.05, 3.63) is 45.7 Å². The van der Waals surface area contributed by atoms with Crippen molar-refractivity contribution in [2.75, 3.05) is 13.1 Å². The summed E-state index contributed by atoms with van der Waals surface area (Å²) in [4.78, 5) is 18.2. The lowest BCUT2D eigenvalue weighted by molar-refractivity contribution is 0.0491. The van der Waals surface area contributed by atoms with Crippen molar-refractivity contribution in [3.63, 3.8) is 0 Å². The van der Waals surface area contributed by atoms with Crippen LogP contribution >= 0.6 is 15.9 Å². The zero-order chi connectivity index (χ0) is 15.1. The van der Waals surface area contributed by atoms with Crippen molar-refractivity contribution in [3.8, 4) is 0 Å². The smallest absolute Gasteiger partial charge is 0.258 e. The van der Waals surface area contributed by atoms with Gasteiger partial charge in [0, 0.05) is 17.6 Å². The van der Waals surface area contributed by atoms with Crippen molar-refractivity contribution < 1.29 is 9.18 Å². The third kappa shape index (κ3) is 2.46. The number of nitrogens with zero attached hydrogens (tertiary/aromatic N) is 4. The summed E-state index contributed by atoms with van der Waals surface area (Å²) in [5.74, 6) is 0.738. The average molecular weight is 353 g/mol. The molecule has 5 nitrogen and oxygen atoms in total. The molecule has 110 valence electrons. The van der Waals surface area contributed by atoms with E-state index >= 15 is 0 Å². The number of carbonyl (C=O) groups excluding carboxylic acids is 1. The third-order valence-corrected chi connectivity index (χ3v) is 4.24. The van der Waals surface area contributed by atoms with Crippen LogP contribution in [0.1, 0.15) is 28.0 Å². The maximum absolute atomic E-state index is 13.8. The van der Waals surface area contributed by atoms with E-state index in [9.17, 15) is 9.18 Å². The van der Waals surface area contributed by atoms with Crippen molar-refractivity contribution >= 4 is 21.8 Å². The van der Waals surface area contributed by atoms with Crippen LogP contribution in [0.3, 0.4) is 0 Å². The van der Waals surface area contributed by atoms with Gasteiger partial charge in [0.05, 0.1) is 11.6 Å². The molecule has 1 aliphatic rings. The number of hydrogen-bond acceptors (Lipinski definition) is 3. The molecule has 1 amide bonds. The molecule has 0 atom stereocenters. The van der Waals surface area contributed by atoms with E-state index in [2.05, 4.69) is 26.0 Å². The first kappa shape index (κ1) is 14.2. The predicted molar refractivity (Wildman–Crippen MR) is 78.5 cm³/mol. The number of rotatable bonds is 2. The third-order valence-electron chi connectivity index (χ3n) is 3.58. The highest BCUT2D eigenvalue weighted by Gasteiger charge is 2.35. The highest BCUT2D eigenvalue weighted by Crippen LogP contribution is 2.27. The second-order valence-electron chi connectivity index (χ2n) is 5.11. The van der Waals surface area contributed by atoms with Crippen molar-refractivity contribution in [2.45, 2.75) is 19.9 Å². The molecule has 1 aromatic carbocycles. The van der Waals surface area contributed by atoms with Gasteiger partial charge in [0.2, 0.25) is 0 Å². The Kier molecular flexibility index (Phi) is 3.52. The minimum Gasteiger partial charge on any atom is -0.334 e. The van der Waals surface area contributed by atoms with Crippen LogP contribution in [0.15, 0.2) is 22.7 Å². The molecule has 7 heteroatoms. The highest BCUT2D eigenvalue weighted by molar-refractivity contribution is 9.10. The molecule has 2 heterocycles. The molecule has 21 heavy (non-hydrogen) atoms. The minimum absolute atomic E-state index is 0.0856. The summed E-state index contributed by atoms with van der Waals surface area (Å²) < 4.78 is 16.1. The predicted octanol–water partition coefficient (Wildman–Crippen LogP) is 2.49. The summed E-state index contributed by atoms with van der Waals surface area (Å²) in [5, 5.41) is 4.32. The Labute approximate surface area is 129 Å². The second kappa shape index (κ2) is 5.22. The van der Waals surface area contributed by atoms with Crippen molar-refractivity contribution in [1.29, 1.82) is 0 Å². The van der Waals surface area contributed by atoms with E-state index in [1.165, 1.54) is 6.07 Å². The number of halogens is 2. The molecular formula is C14H14BrFN4O. The van der Waals surface area contributed by atoms with Crippen molar-refractivity contribution in [2.24, 2.45) is 0 Å². The fourth-order valence-corrected chi connectivity index (χ4v) is 3.03. The number of aromatic nitrogens is 3. The summed E-state index contributed by atoms with van der Waals surface area (Å²) in [5.41, 5.74) is 0.0856. The number of amides is 1. The lowest BCUT2D eigenvalue weighted by Gasteiger charge is -2.39. The molecule has 1 saturated heterocycles. The van der Waals surface area contributed by atoms with E-state index in [4.69, 9.17) is 0 Å². The number of carbonyl (C=O) groups is 1. The molecule has 0 spiro atoms. The molecule has 0 aliphatic carbocycles.